The monoisotopic (exact) mass is 259 g/mol. The molecule has 0 atom stereocenters. The topological polar surface area (TPSA) is 32.3 Å². The first-order valence-corrected chi connectivity index (χ1v) is 5.95. The van der Waals surface area contributed by atoms with Gasteiger partial charge in [0.25, 0.3) is 0 Å². The number of nitrogens with one attached hydrogen (secondary N) is 1. The average Bonchev–Trinajstić information content (AvgIpc) is 2.28. The van der Waals surface area contributed by atoms with Crippen LogP contribution in [0.3, 0.4) is 0 Å². The van der Waals surface area contributed by atoms with Gasteiger partial charge in [-0.1, -0.05) is 12.1 Å². The van der Waals surface area contributed by atoms with Gasteiger partial charge in [-0.05, 0) is 50.0 Å². The second-order valence-electron chi connectivity index (χ2n) is 4.76. The molecule has 0 amide bonds. The molecule has 100 valence electrons. The Morgan fingerprint density at radius 3 is 2.39 bits per heavy atom. The van der Waals surface area contributed by atoms with Crippen LogP contribution in [0, 0.1) is 6.92 Å². The van der Waals surface area contributed by atoms with E-state index in [0.29, 0.717) is 31.5 Å². The average molecular weight is 259 g/mol. The molecule has 5 heteroatoms. The van der Waals surface area contributed by atoms with E-state index in [1.165, 1.54) is 13.0 Å². The lowest BCUT2D eigenvalue weighted by Gasteiger charge is -2.34. The Hall–Kier alpha value is -1.07. The van der Waals surface area contributed by atoms with Gasteiger partial charge < -0.3 is 10.4 Å². The van der Waals surface area contributed by atoms with Crippen molar-refractivity contribution in [2.75, 3.05) is 13.1 Å². The van der Waals surface area contributed by atoms with Crippen LogP contribution in [0.5, 0.6) is 0 Å². The maximum absolute atomic E-state index is 12.8. The number of hydrogen-bond acceptors (Lipinski definition) is 2. The third-order valence-corrected chi connectivity index (χ3v) is 3.57. The van der Waals surface area contributed by atoms with E-state index in [2.05, 4.69) is 5.32 Å². The zero-order valence-electron chi connectivity index (χ0n) is 10.1. The van der Waals surface area contributed by atoms with E-state index in [1.807, 2.05) is 0 Å². The summed E-state index contributed by atoms with van der Waals surface area (Å²) in [4.78, 5) is 0. The first kappa shape index (κ1) is 13.4. The number of aliphatic hydroxyl groups is 1. The van der Waals surface area contributed by atoms with Crippen LogP contribution in [-0.2, 0) is 11.8 Å². The lowest BCUT2D eigenvalue weighted by atomic mass is 9.81. The highest BCUT2D eigenvalue weighted by Crippen LogP contribution is 2.38. The van der Waals surface area contributed by atoms with Crippen molar-refractivity contribution < 1.29 is 18.3 Å². The molecule has 1 aromatic rings. The molecule has 1 fully saturated rings. The number of piperidine rings is 1. The van der Waals surface area contributed by atoms with Crippen LogP contribution in [0.1, 0.15) is 29.5 Å². The summed E-state index contributed by atoms with van der Waals surface area (Å²) in [5.74, 6) is 0. The minimum atomic E-state index is -4.37. The number of benzene rings is 1. The molecule has 1 aliphatic rings. The smallest absolute Gasteiger partial charge is 0.385 e. The summed E-state index contributed by atoms with van der Waals surface area (Å²) >= 11 is 0. The molecule has 1 aliphatic heterocycles. The van der Waals surface area contributed by atoms with Crippen LogP contribution >= 0.6 is 0 Å². The van der Waals surface area contributed by atoms with Crippen LogP contribution in [0.25, 0.3) is 0 Å². The predicted molar refractivity (Wildman–Crippen MR) is 62.2 cm³/mol. The van der Waals surface area contributed by atoms with Crippen molar-refractivity contribution in [2.24, 2.45) is 0 Å². The van der Waals surface area contributed by atoms with Crippen molar-refractivity contribution in [3.63, 3.8) is 0 Å². The van der Waals surface area contributed by atoms with Crippen molar-refractivity contribution in [1.82, 2.24) is 5.32 Å². The van der Waals surface area contributed by atoms with Crippen molar-refractivity contribution in [3.8, 4) is 0 Å². The molecule has 0 radical (unpaired) electrons. The SMILES string of the molecule is Cc1c(C(F)(F)F)cccc1C1(O)CCNCC1. The Labute approximate surface area is 104 Å². The van der Waals surface area contributed by atoms with Gasteiger partial charge in [0, 0.05) is 0 Å². The summed E-state index contributed by atoms with van der Waals surface area (Å²) in [5.41, 5.74) is -1.27. The first-order valence-electron chi connectivity index (χ1n) is 5.95. The van der Waals surface area contributed by atoms with Crippen LogP contribution in [-0.4, -0.2) is 18.2 Å². The van der Waals surface area contributed by atoms with Gasteiger partial charge in [-0.2, -0.15) is 13.2 Å². The summed E-state index contributed by atoms with van der Waals surface area (Å²) in [6.45, 7) is 2.66. The second kappa shape index (κ2) is 4.55. The fraction of sp³-hybridized carbons (Fsp3) is 0.538. The van der Waals surface area contributed by atoms with Gasteiger partial charge >= 0.3 is 6.18 Å². The minimum Gasteiger partial charge on any atom is -0.385 e. The zero-order chi connectivity index (χ0) is 13.4. The largest absolute Gasteiger partial charge is 0.416 e. The Kier molecular flexibility index (Phi) is 3.38. The molecule has 1 heterocycles. The number of hydrogen-bond donors (Lipinski definition) is 2. The van der Waals surface area contributed by atoms with Gasteiger partial charge in [-0.15, -0.1) is 0 Å². The molecule has 18 heavy (non-hydrogen) atoms. The third kappa shape index (κ3) is 2.37. The Morgan fingerprint density at radius 2 is 1.83 bits per heavy atom. The molecule has 0 bridgehead atoms. The number of alkyl halides is 3. The van der Waals surface area contributed by atoms with E-state index in [9.17, 15) is 18.3 Å². The number of halogens is 3. The summed E-state index contributed by atoms with van der Waals surface area (Å²) < 4.78 is 38.5. The van der Waals surface area contributed by atoms with Crippen molar-refractivity contribution in [2.45, 2.75) is 31.5 Å². The maximum atomic E-state index is 12.8. The predicted octanol–water partition coefficient (Wildman–Crippen LogP) is 2.58. The van der Waals surface area contributed by atoms with Crippen molar-refractivity contribution in [3.05, 3.63) is 34.9 Å². The summed E-state index contributed by atoms with van der Waals surface area (Å²) in [6.07, 6.45) is -3.49. The normalized spacial score (nSPS) is 19.8. The van der Waals surface area contributed by atoms with Gasteiger partial charge in [-0.3, -0.25) is 0 Å². The molecule has 0 aliphatic carbocycles. The molecule has 0 spiro atoms. The Morgan fingerprint density at radius 1 is 1.22 bits per heavy atom. The number of rotatable bonds is 1. The van der Waals surface area contributed by atoms with E-state index >= 15 is 0 Å². The first-order chi connectivity index (χ1) is 8.34. The summed E-state index contributed by atoms with van der Waals surface area (Å²) in [6, 6.07) is 4.02. The molecule has 2 rings (SSSR count). The lowest BCUT2D eigenvalue weighted by Crippen LogP contribution is -2.40. The Balaban J connectivity index is 2.45. The molecule has 2 nitrogen and oxygen atoms in total. The molecular formula is C13H16F3NO. The molecule has 1 aromatic carbocycles. The van der Waals surface area contributed by atoms with Crippen molar-refractivity contribution in [1.29, 1.82) is 0 Å². The standard InChI is InChI=1S/C13H16F3NO/c1-9-10(12(18)5-7-17-8-6-12)3-2-4-11(9)13(14,15)16/h2-4,17-18H,5-8H2,1H3. The van der Waals surface area contributed by atoms with E-state index in [-0.39, 0.29) is 5.56 Å². The van der Waals surface area contributed by atoms with E-state index in [1.54, 1.807) is 6.07 Å². The van der Waals surface area contributed by atoms with Gasteiger partial charge in [0.05, 0.1) is 11.2 Å². The van der Waals surface area contributed by atoms with E-state index < -0.39 is 17.3 Å². The molecule has 1 saturated heterocycles. The van der Waals surface area contributed by atoms with Crippen molar-refractivity contribution >= 4 is 0 Å². The quantitative estimate of drug-likeness (QED) is 0.812. The van der Waals surface area contributed by atoms with Crippen LogP contribution in [0.4, 0.5) is 13.2 Å². The molecule has 0 aromatic heterocycles. The summed E-state index contributed by atoms with van der Waals surface area (Å²) in [5, 5.41) is 13.6. The molecule has 0 unspecified atom stereocenters. The fourth-order valence-electron chi connectivity index (χ4n) is 2.56. The second-order valence-corrected chi connectivity index (χ2v) is 4.76. The highest BCUT2D eigenvalue weighted by atomic mass is 19.4. The zero-order valence-corrected chi connectivity index (χ0v) is 10.1. The van der Waals surface area contributed by atoms with Gasteiger partial charge in [0.1, 0.15) is 0 Å². The lowest BCUT2D eigenvalue weighted by molar-refractivity contribution is -0.138. The van der Waals surface area contributed by atoms with E-state index in [0.717, 1.165) is 6.07 Å². The van der Waals surface area contributed by atoms with Crippen LogP contribution in [0.15, 0.2) is 18.2 Å². The summed E-state index contributed by atoms with van der Waals surface area (Å²) in [7, 11) is 0. The van der Waals surface area contributed by atoms with Gasteiger partial charge in [0.2, 0.25) is 0 Å². The fourth-order valence-corrected chi connectivity index (χ4v) is 2.56. The van der Waals surface area contributed by atoms with E-state index in [4.69, 9.17) is 0 Å². The van der Waals surface area contributed by atoms with Gasteiger partial charge in [0.15, 0.2) is 0 Å². The highest BCUT2D eigenvalue weighted by molar-refractivity contribution is 5.39. The molecule has 2 N–H and O–H groups in total. The third-order valence-electron chi connectivity index (χ3n) is 3.57. The van der Waals surface area contributed by atoms with Gasteiger partial charge in [-0.25, -0.2) is 0 Å². The maximum Gasteiger partial charge on any atom is 0.416 e. The Bertz CT molecular complexity index is 436. The molecular weight excluding hydrogens is 243 g/mol. The van der Waals surface area contributed by atoms with Crippen LogP contribution < -0.4 is 5.32 Å². The minimum absolute atomic E-state index is 0.134. The molecule has 0 saturated carbocycles. The van der Waals surface area contributed by atoms with Crippen LogP contribution in [0.2, 0.25) is 0 Å². The highest BCUT2D eigenvalue weighted by Gasteiger charge is 2.38.